The first-order valence-electron chi connectivity index (χ1n) is 9.10. The Bertz CT molecular complexity index is 921. The summed E-state index contributed by atoms with van der Waals surface area (Å²) in [6.45, 7) is 3.28. The van der Waals surface area contributed by atoms with Crippen molar-refractivity contribution in [1.82, 2.24) is 14.8 Å². The summed E-state index contributed by atoms with van der Waals surface area (Å²) < 4.78 is 0. The number of amides is 4. The summed E-state index contributed by atoms with van der Waals surface area (Å²) in [6.07, 6.45) is 2.20. The average Bonchev–Trinajstić information content (AvgIpc) is 2.74. The van der Waals surface area contributed by atoms with E-state index >= 15 is 0 Å². The second kappa shape index (κ2) is 8.96. The van der Waals surface area contributed by atoms with Gasteiger partial charge in [-0.1, -0.05) is 0 Å². The Kier molecular flexibility index (Phi) is 6.18. The highest BCUT2D eigenvalue weighted by Crippen LogP contribution is 2.15. The van der Waals surface area contributed by atoms with Gasteiger partial charge in [-0.2, -0.15) is 0 Å². The molecule has 3 rings (SSSR count). The third-order valence-corrected chi connectivity index (χ3v) is 4.45. The highest BCUT2D eigenvalue weighted by Gasteiger charge is 2.22. The summed E-state index contributed by atoms with van der Waals surface area (Å²) in [5.41, 5.74) is 1.64. The smallest absolute Gasteiger partial charge is 0.274 e. The molecule has 0 atom stereocenters. The highest BCUT2D eigenvalue weighted by atomic mass is 16.2. The van der Waals surface area contributed by atoms with Crippen LogP contribution in [0, 0.1) is 0 Å². The molecule has 9 heteroatoms. The molecule has 29 heavy (non-hydrogen) atoms. The van der Waals surface area contributed by atoms with Gasteiger partial charge in [0.05, 0.1) is 0 Å². The fourth-order valence-electron chi connectivity index (χ4n) is 2.94. The Hall–Kier alpha value is -3.75. The fourth-order valence-corrected chi connectivity index (χ4v) is 2.94. The van der Waals surface area contributed by atoms with Crippen molar-refractivity contribution in [3.63, 3.8) is 0 Å². The van der Waals surface area contributed by atoms with Crippen molar-refractivity contribution in [2.75, 3.05) is 36.8 Å². The molecule has 2 heterocycles. The Balaban J connectivity index is 1.65. The third kappa shape index (κ3) is 5.16. The average molecular weight is 395 g/mol. The molecule has 2 aromatic rings. The lowest BCUT2D eigenvalue weighted by atomic mass is 10.1. The molecule has 4 amide bonds. The minimum atomic E-state index is -0.447. The quantitative estimate of drug-likeness (QED) is 0.739. The van der Waals surface area contributed by atoms with Crippen LogP contribution in [-0.2, 0) is 9.59 Å². The second-order valence-corrected chi connectivity index (χ2v) is 6.58. The predicted octanol–water partition coefficient (Wildman–Crippen LogP) is 1.21. The second-order valence-electron chi connectivity index (χ2n) is 6.58. The van der Waals surface area contributed by atoms with E-state index in [-0.39, 0.29) is 17.5 Å². The number of carbonyl (C=O) groups is 4. The monoisotopic (exact) mass is 395 g/mol. The number of hydrogen-bond acceptors (Lipinski definition) is 5. The molecule has 2 N–H and O–H groups in total. The molecule has 0 bridgehead atoms. The van der Waals surface area contributed by atoms with E-state index in [1.807, 2.05) is 0 Å². The summed E-state index contributed by atoms with van der Waals surface area (Å²) in [6, 6.07) is 9.67. The lowest BCUT2D eigenvalue weighted by Gasteiger charge is -2.32. The zero-order valence-corrected chi connectivity index (χ0v) is 15.9. The Morgan fingerprint density at radius 1 is 0.966 bits per heavy atom. The van der Waals surface area contributed by atoms with E-state index in [4.69, 9.17) is 0 Å². The largest absolute Gasteiger partial charge is 0.342 e. The molecule has 1 fully saturated rings. The van der Waals surface area contributed by atoms with Crippen LogP contribution in [0.3, 0.4) is 0 Å². The molecule has 0 saturated carbocycles. The zero-order chi connectivity index (χ0) is 20.8. The van der Waals surface area contributed by atoms with E-state index in [1.54, 1.807) is 40.1 Å². The summed E-state index contributed by atoms with van der Waals surface area (Å²) in [5.74, 6) is -0.829. The van der Waals surface area contributed by atoms with Crippen molar-refractivity contribution in [3.8, 4) is 0 Å². The van der Waals surface area contributed by atoms with Crippen LogP contribution in [0.25, 0.3) is 0 Å². The molecule has 9 nitrogen and oxygen atoms in total. The standard InChI is InChI=1S/C20H21N5O4/c1-14(27)22-16-2-4-17(5-3-16)23-19(28)18-12-15(6-7-21-18)20(29)25-10-8-24(13-26)9-11-25/h2-7,12-13H,8-11H2,1H3,(H,22,27)(H,23,28). The van der Waals surface area contributed by atoms with E-state index in [2.05, 4.69) is 15.6 Å². The molecule has 0 aliphatic carbocycles. The molecule has 1 aromatic heterocycles. The van der Waals surface area contributed by atoms with E-state index in [0.29, 0.717) is 43.1 Å². The van der Waals surface area contributed by atoms with Gasteiger partial charge in [0.25, 0.3) is 11.8 Å². The number of rotatable bonds is 5. The maximum Gasteiger partial charge on any atom is 0.274 e. The number of carbonyl (C=O) groups excluding carboxylic acids is 4. The summed E-state index contributed by atoms with van der Waals surface area (Å²) in [4.78, 5) is 54.3. The van der Waals surface area contributed by atoms with Crippen molar-refractivity contribution in [2.24, 2.45) is 0 Å². The van der Waals surface area contributed by atoms with Gasteiger partial charge in [0.15, 0.2) is 0 Å². The Morgan fingerprint density at radius 2 is 1.59 bits per heavy atom. The number of nitrogens with one attached hydrogen (secondary N) is 2. The molecule has 1 aliphatic heterocycles. The first-order valence-corrected chi connectivity index (χ1v) is 9.10. The number of nitrogens with zero attached hydrogens (tertiary/aromatic N) is 3. The van der Waals surface area contributed by atoms with Gasteiger partial charge in [0, 0.05) is 56.2 Å². The molecule has 1 aliphatic rings. The third-order valence-electron chi connectivity index (χ3n) is 4.45. The topological polar surface area (TPSA) is 112 Å². The van der Waals surface area contributed by atoms with Crippen molar-refractivity contribution in [3.05, 3.63) is 53.9 Å². The van der Waals surface area contributed by atoms with E-state index in [9.17, 15) is 19.2 Å². The molecular weight excluding hydrogens is 374 g/mol. The number of pyridine rings is 1. The van der Waals surface area contributed by atoms with Gasteiger partial charge in [-0.15, -0.1) is 0 Å². The van der Waals surface area contributed by atoms with Crippen LogP contribution in [0.4, 0.5) is 11.4 Å². The number of anilines is 2. The fraction of sp³-hybridized carbons (Fsp3) is 0.250. The van der Waals surface area contributed by atoms with Gasteiger partial charge >= 0.3 is 0 Å². The van der Waals surface area contributed by atoms with Gasteiger partial charge < -0.3 is 20.4 Å². The van der Waals surface area contributed by atoms with Gasteiger partial charge in [-0.05, 0) is 36.4 Å². The van der Waals surface area contributed by atoms with E-state index < -0.39 is 5.91 Å². The first kappa shape index (κ1) is 20.0. The Morgan fingerprint density at radius 3 is 2.17 bits per heavy atom. The van der Waals surface area contributed by atoms with Crippen molar-refractivity contribution < 1.29 is 19.2 Å². The molecule has 1 saturated heterocycles. The summed E-state index contributed by atoms with van der Waals surface area (Å²) in [5, 5.41) is 5.36. The van der Waals surface area contributed by atoms with Crippen molar-refractivity contribution >= 4 is 35.5 Å². The van der Waals surface area contributed by atoms with Crippen LogP contribution in [0.5, 0.6) is 0 Å². The van der Waals surface area contributed by atoms with Gasteiger partial charge in [-0.3, -0.25) is 24.2 Å². The van der Waals surface area contributed by atoms with Gasteiger partial charge in [-0.25, -0.2) is 0 Å². The number of piperazine rings is 1. The first-order chi connectivity index (χ1) is 14.0. The highest BCUT2D eigenvalue weighted by molar-refractivity contribution is 6.05. The molecule has 0 unspecified atom stereocenters. The lowest BCUT2D eigenvalue weighted by Crippen LogP contribution is -2.48. The molecule has 0 spiro atoms. The minimum Gasteiger partial charge on any atom is -0.342 e. The van der Waals surface area contributed by atoms with E-state index in [0.717, 1.165) is 6.41 Å². The normalized spacial score (nSPS) is 13.6. The van der Waals surface area contributed by atoms with Crippen LogP contribution in [-0.4, -0.2) is 65.1 Å². The van der Waals surface area contributed by atoms with Crippen LogP contribution in [0.15, 0.2) is 42.6 Å². The minimum absolute atomic E-state index is 0.119. The molecule has 150 valence electrons. The Labute approximate surface area is 167 Å². The number of aromatic nitrogens is 1. The lowest BCUT2D eigenvalue weighted by molar-refractivity contribution is -0.119. The summed E-state index contributed by atoms with van der Waals surface area (Å²) >= 11 is 0. The van der Waals surface area contributed by atoms with Crippen LogP contribution in [0.1, 0.15) is 27.8 Å². The van der Waals surface area contributed by atoms with Gasteiger partial charge in [0.2, 0.25) is 12.3 Å². The predicted molar refractivity (Wildman–Crippen MR) is 106 cm³/mol. The number of hydrogen-bond donors (Lipinski definition) is 2. The van der Waals surface area contributed by atoms with Crippen LogP contribution >= 0.6 is 0 Å². The molecule has 1 aromatic carbocycles. The van der Waals surface area contributed by atoms with Crippen molar-refractivity contribution in [2.45, 2.75) is 6.92 Å². The summed E-state index contributed by atoms with van der Waals surface area (Å²) in [7, 11) is 0. The van der Waals surface area contributed by atoms with Crippen molar-refractivity contribution in [1.29, 1.82) is 0 Å². The van der Waals surface area contributed by atoms with Crippen LogP contribution in [0.2, 0.25) is 0 Å². The maximum absolute atomic E-state index is 12.7. The van der Waals surface area contributed by atoms with Crippen LogP contribution < -0.4 is 10.6 Å². The zero-order valence-electron chi connectivity index (χ0n) is 15.9. The molecular formula is C20H21N5O4. The SMILES string of the molecule is CC(=O)Nc1ccc(NC(=O)c2cc(C(=O)N3CCN(C=O)CC3)ccn2)cc1. The van der Waals surface area contributed by atoms with Gasteiger partial charge in [0.1, 0.15) is 5.69 Å². The molecule has 0 radical (unpaired) electrons. The van der Waals surface area contributed by atoms with E-state index in [1.165, 1.54) is 19.2 Å². The maximum atomic E-state index is 12.7. The number of benzene rings is 1.